The molecular weight excluding hydrogens is 319 g/mol. The van der Waals surface area contributed by atoms with Gasteiger partial charge >= 0.3 is 0 Å². The van der Waals surface area contributed by atoms with Gasteiger partial charge in [-0.1, -0.05) is 18.2 Å². The third kappa shape index (κ3) is 3.37. The minimum Gasteiger partial charge on any atom is -0.493 e. The van der Waals surface area contributed by atoms with E-state index in [1.165, 1.54) is 12.1 Å². The van der Waals surface area contributed by atoms with Gasteiger partial charge in [0.25, 0.3) is 5.91 Å². The Morgan fingerprint density at radius 3 is 2.92 bits per heavy atom. The number of hydrogen-bond acceptors (Lipinski definition) is 3. The molecule has 4 nitrogen and oxygen atoms in total. The summed E-state index contributed by atoms with van der Waals surface area (Å²) in [6.45, 7) is 3.00. The first kappa shape index (κ1) is 16.1. The minimum atomic E-state index is -0.237. The van der Waals surface area contributed by atoms with Gasteiger partial charge in [-0.15, -0.1) is 0 Å². The molecule has 1 amide bonds. The fraction of sp³-hybridized carbons (Fsp3) is 0.350. The van der Waals surface area contributed by atoms with Gasteiger partial charge in [0.15, 0.2) is 0 Å². The highest BCUT2D eigenvalue weighted by atomic mass is 19.1. The van der Waals surface area contributed by atoms with Crippen LogP contribution < -0.4 is 15.4 Å². The third-order valence-electron chi connectivity index (χ3n) is 5.08. The summed E-state index contributed by atoms with van der Waals surface area (Å²) in [5.74, 6) is 1.23. The molecule has 4 rings (SSSR count). The molecule has 1 unspecified atom stereocenters. The van der Waals surface area contributed by atoms with Crippen LogP contribution in [0.4, 0.5) is 4.39 Å². The molecule has 0 saturated carbocycles. The van der Waals surface area contributed by atoms with E-state index in [1.54, 1.807) is 6.07 Å². The summed E-state index contributed by atoms with van der Waals surface area (Å²) in [6.07, 6.45) is 0.621. The Hall–Kier alpha value is -2.40. The Bertz CT molecular complexity index is 793. The van der Waals surface area contributed by atoms with Gasteiger partial charge in [-0.2, -0.15) is 0 Å². The molecule has 25 heavy (non-hydrogen) atoms. The molecule has 2 aromatic carbocycles. The lowest BCUT2D eigenvalue weighted by atomic mass is 9.87. The number of fused-ring (bicyclic) bond motifs is 3. The molecule has 0 spiro atoms. The Balaban J connectivity index is 1.48. The van der Waals surface area contributed by atoms with Crippen molar-refractivity contribution < 1.29 is 13.9 Å². The van der Waals surface area contributed by atoms with E-state index in [9.17, 15) is 9.18 Å². The molecule has 2 heterocycles. The van der Waals surface area contributed by atoms with Crippen LogP contribution in [-0.4, -0.2) is 32.1 Å². The smallest absolute Gasteiger partial charge is 0.251 e. The van der Waals surface area contributed by atoms with Crippen molar-refractivity contribution in [2.75, 3.05) is 26.2 Å². The summed E-state index contributed by atoms with van der Waals surface area (Å²) in [4.78, 5) is 12.4. The number of benzene rings is 2. The predicted molar refractivity (Wildman–Crippen MR) is 93.5 cm³/mol. The highest BCUT2D eigenvalue weighted by Gasteiger charge is 2.34. The molecule has 2 N–H and O–H groups in total. The number of rotatable bonds is 4. The average molecular weight is 340 g/mol. The maximum Gasteiger partial charge on any atom is 0.251 e. The molecule has 0 aromatic heterocycles. The van der Waals surface area contributed by atoms with Gasteiger partial charge in [0.1, 0.15) is 11.6 Å². The van der Waals surface area contributed by atoms with Crippen LogP contribution in [-0.2, 0) is 6.42 Å². The summed E-state index contributed by atoms with van der Waals surface area (Å²) in [5.41, 5.74) is 2.70. The standard InChI is InChI=1S/C20H21FN2O2/c21-15-3-1-2-13(8-15)6-7-25-16-4-5-17-18(9-16)20(24)23-11-14-10-22-12-19(14)17/h1-5,8-9,14,19,22H,6-7,10-12H2,(H,23,24)/t14-,19?/m0/s1. The molecule has 2 aliphatic heterocycles. The summed E-state index contributed by atoms with van der Waals surface area (Å²) in [7, 11) is 0. The first-order valence-electron chi connectivity index (χ1n) is 8.71. The van der Waals surface area contributed by atoms with Crippen LogP contribution in [0, 0.1) is 11.7 Å². The highest BCUT2D eigenvalue weighted by molar-refractivity contribution is 5.96. The van der Waals surface area contributed by atoms with Crippen LogP contribution in [0.1, 0.15) is 27.4 Å². The van der Waals surface area contributed by atoms with Gasteiger partial charge in [-0.25, -0.2) is 4.39 Å². The zero-order chi connectivity index (χ0) is 17.2. The largest absolute Gasteiger partial charge is 0.493 e. The molecule has 1 saturated heterocycles. The number of nitrogens with one attached hydrogen (secondary N) is 2. The molecule has 0 aliphatic carbocycles. The summed E-state index contributed by atoms with van der Waals surface area (Å²) in [5, 5.41) is 6.42. The number of amides is 1. The van der Waals surface area contributed by atoms with Crippen molar-refractivity contribution in [3.05, 3.63) is 65.0 Å². The number of halogens is 1. The first-order valence-corrected chi connectivity index (χ1v) is 8.71. The number of carbonyl (C=O) groups is 1. The van der Waals surface area contributed by atoms with Gasteiger partial charge in [-0.3, -0.25) is 4.79 Å². The normalized spacial score (nSPS) is 21.9. The van der Waals surface area contributed by atoms with E-state index >= 15 is 0 Å². The van der Waals surface area contributed by atoms with Gasteiger partial charge < -0.3 is 15.4 Å². The van der Waals surface area contributed by atoms with Gasteiger partial charge in [0, 0.05) is 37.5 Å². The van der Waals surface area contributed by atoms with Crippen molar-refractivity contribution in [1.82, 2.24) is 10.6 Å². The maximum absolute atomic E-state index is 13.2. The van der Waals surface area contributed by atoms with E-state index in [4.69, 9.17) is 4.74 Å². The van der Waals surface area contributed by atoms with E-state index in [0.29, 0.717) is 42.7 Å². The van der Waals surface area contributed by atoms with Crippen molar-refractivity contribution in [3.63, 3.8) is 0 Å². The molecule has 1 fully saturated rings. The lowest BCUT2D eigenvalue weighted by molar-refractivity contribution is 0.0952. The van der Waals surface area contributed by atoms with Crippen LogP contribution in [0.15, 0.2) is 42.5 Å². The number of carbonyl (C=O) groups excluding carboxylic acids is 1. The minimum absolute atomic E-state index is 0.0278. The molecule has 0 radical (unpaired) electrons. The number of hydrogen-bond donors (Lipinski definition) is 2. The summed E-state index contributed by atoms with van der Waals surface area (Å²) < 4.78 is 19.0. The van der Waals surface area contributed by atoms with Crippen molar-refractivity contribution in [2.45, 2.75) is 12.3 Å². The zero-order valence-corrected chi connectivity index (χ0v) is 13.9. The van der Waals surface area contributed by atoms with E-state index in [0.717, 1.165) is 24.2 Å². The van der Waals surface area contributed by atoms with E-state index in [-0.39, 0.29) is 11.7 Å². The monoisotopic (exact) mass is 340 g/mol. The summed E-state index contributed by atoms with van der Waals surface area (Å²) in [6, 6.07) is 12.3. The van der Waals surface area contributed by atoms with Crippen LogP contribution in [0.25, 0.3) is 0 Å². The van der Waals surface area contributed by atoms with Crippen molar-refractivity contribution >= 4 is 5.91 Å². The van der Waals surface area contributed by atoms with Gasteiger partial charge in [-0.05, 0) is 41.3 Å². The van der Waals surface area contributed by atoms with Crippen molar-refractivity contribution in [3.8, 4) is 5.75 Å². The van der Waals surface area contributed by atoms with Crippen LogP contribution in [0.5, 0.6) is 5.75 Å². The molecule has 2 atom stereocenters. The molecule has 2 aliphatic rings. The highest BCUT2D eigenvalue weighted by Crippen LogP contribution is 2.34. The molecule has 5 heteroatoms. The predicted octanol–water partition coefficient (Wildman–Crippen LogP) is 2.49. The second-order valence-corrected chi connectivity index (χ2v) is 6.71. The fourth-order valence-corrected chi connectivity index (χ4v) is 3.75. The molecule has 0 bridgehead atoms. The number of ether oxygens (including phenoxy) is 1. The quantitative estimate of drug-likeness (QED) is 0.899. The van der Waals surface area contributed by atoms with Crippen molar-refractivity contribution in [2.24, 2.45) is 5.92 Å². The van der Waals surface area contributed by atoms with Crippen LogP contribution in [0.3, 0.4) is 0 Å². The van der Waals surface area contributed by atoms with Gasteiger partial charge in [0.2, 0.25) is 0 Å². The lowest BCUT2D eigenvalue weighted by Crippen LogP contribution is -2.28. The van der Waals surface area contributed by atoms with E-state index < -0.39 is 0 Å². The van der Waals surface area contributed by atoms with Crippen LogP contribution >= 0.6 is 0 Å². The zero-order valence-electron chi connectivity index (χ0n) is 13.9. The molecular formula is C20H21FN2O2. The second-order valence-electron chi connectivity index (χ2n) is 6.71. The average Bonchev–Trinajstić information content (AvgIpc) is 3.03. The molecule has 2 aromatic rings. The van der Waals surface area contributed by atoms with Crippen LogP contribution in [0.2, 0.25) is 0 Å². The maximum atomic E-state index is 13.2. The Morgan fingerprint density at radius 2 is 2.04 bits per heavy atom. The Morgan fingerprint density at radius 1 is 1.12 bits per heavy atom. The Labute approximate surface area is 146 Å². The third-order valence-corrected chi connectivity index (χ3v) is 5.08. The SMILES string of the molecule is O=C1NC[C@@H]2CNCC2c2ccc(OCCc3cccc(F)c3)cc21. The topological polar surface area (TPSA) is 50.4 Å². The van der Waals surface area contributed by atoms with Crippen molar-refractivity contribution in [1.29, 1.82) is 0 Å². The van der Waals surface area contributed by atoms with Gasteiger partial charge in [0.05, 0.1) is 6.61 Å². The lowest BCUT2D eigenvalue weighted by Gasteiger charge is -2.17. The molecule has 130 valence electrons. The van der Waals surface area contributed by atoms with E-state index in [2.05, 4.69) is 10.6 Å². The first-order chi connectivity index (χ1) is 12.2. The fourth-order valence-electron chi connectivity index (χ4n) is 3.75. The second kappa shape index (κ2) is 6.84. The summed E-state index contributed by atoms with van der Waals surface area (Å²) >= 11 is 0. The van der Waals surface area contributed by atoms with E-state index in [1.807, 2.05) is 24.3 Å². The Kier molecular flexibility index (Phi) is 4.40.